The third-order valence-corrected chi connectivity index (χ3v) is 7.10. The van der Waals surface area contributed by atoms with Crippen LogP contribution in [0.4, 0.5) is 13.2 Å². The van der Waals surface area contributed by atoms with E-state index in [1.807, 2.05) is 38.1 Å². The van der Waals surface area contributed by atoms with Crippen molar-refractivity contribution >= 4 is 29.1 Å². The Hall–Kier alpha value is -2.45. The van der Waals surface area contributed by atoms with Crippen molar-refractivity contribution in [2.75, 3.05) is 13.7 Å². The van der Waals surface area contributed by atoms with Crippen LogP contribution in [0.1, 0.15) is 21.6 Å². The van der Waals surface area contributed by atoms with Gasteiger partial charge < -0.3 is 9.47 Å². The number of alkyl halides is 3. The molecule has 31 heavy (non-hydrogen) atoms. The normalized spacial score (nSPS) is 11.4. The fourth-order valence-electron chi connectivity index (χ4n) is 2.85. The molecule has 3 aromatic rings. The highest BCUT2D eigenvalue weighted by molar-refractivity contribution is 7.98. The van der Waals surface area contributed by atoms with Crippen molar-refractivity contribution in [1.29, 1.82) is 0 Å². The van der Waals surface area contributed by atoms with E-state index in [1.54, 1.807) is 23.1 Å². The molecule has 1 aromatic heterocycles. The number of benzene rings is 2. The molecule has 3 nitrogen and oxygen atoms in total. The second-order valence-electron chi connectivity index (χ2n) is 6.87. The lowest BCUT2D eigenvalue weighted by Crippen LogP contribution is -2.12. The van der Waals surface area contributed by atoms with Crippen LogP contribution in [0.25, 0.3) is 10.4 Å². The Morgan fingerprint density at radius 1 is 1.03 bits per heavy atom. The molecule has 0 radical (unpaired) electrons. The first-order valence-electron chi connectivity index (χ1n) is 9.37. The van der Waals surface area contributed by atoms with Gasteiger partial charge in [0.05, 0.1) is 12.7 Å². The molecule has 8 heteroatoms. The second kappa shape index (κ2) is 9.78. The molecule has 0 unspecified atom stereocenters. The topological polar surface area (TPSA) is 35.5 Å². The number of thioether (sulfide) groups is 1. The van der Waals surface area contributed by atoms with Crippen molar-refractivity contribution in [2.45, 2.75) is 30.7 Å². The molecule has 164 valence electrons. The molecule has 0 aliphatic rings. The fourth-order valence-corrected chi connectivity index (χ4v) is 5.18. The Kier molecular flexibility index (Phi) is 7.33. The van der Waals surface area contributed by atoms with Crippen LogP contribution in [0, 0.1) is 13.8 Å². The molecular weight excluding hydrogens is 445 g/mol. The number of ether oxygens (including phenoxy) is 2. The standard InChI is InChI=1S/C23H21F3O3S2/c1-14-10-18(8-9-19(14)29-12-22(27)28-3)30-13-21-15(2)11-20(31-21)16-4-6-17(7-5-16)23(24,25)26/h4-11H,12-13H2,1-3H3. The Labute approximate surface area is 187 Å². The van der Waals surface area contributed by atoms with Crippen LogP contribution >= 0.6 is 23.1 Å². The minimum Gasteiger partial charge on any atom is -0.482 e. The maximum absolute atomic E-state index is 12.8. The van der Waals surface area contributed by atoms with Crippen LogP contribution in [0.15, 0.2) is 53.4 Å². The van der Waals surface area contributed by atoms with Gasteiger partial charge in [0.15, 0.2) is 6.61 Å². The number of halogens is 3. The van der Waals surface area contributed by atoms with Crippen LogP contribution in [0.3, 0.4) is 0 Å². The van der Waals surface area contributed by atoms with E-state index in [2.05, 4.69) is 4.74 Å². The maximum atomic E-state index is 12.8. The van der Waals surface area contributed by atoms with E-state index in [0.29, 0.717) is 5.75 Å². The van der Waals surface area contributed by atoms with E-state index in [4.69, 9.17) is 4.74 Å². The van der Waals surface area contributed by atoms with Gasteiger partial charge >= 0.3 is 12.1 Å². The number of hydrogen-bond acceptors (Lipinski definition) is 5. The highest BCUT2D eigenvalue weighted by atomic mass is 32.2. The Balaban J connectivity index is 1.66. The number of carbonyl (C=O) groups is 1. The van der Waals surface area contributed by atoms with E-state index in [-0.39, 0.29) is 6.61 Å². The minimum absolute atomic E-state index is 0.134. The van der Waals surface area contributed by atoms with Gasteiger partial charge in [-0.2, -0.15) is 13.2 Å². The van der Waals surface area contributed by atoms with Crippen molar-refractivity contribution in [3.8, 4) is 16.2 Å². The SMILES string of the molecule is COC(=O)COc1ccc(SCc2sc(-c3ccc(C(F)(F)F)cc3)cc2C)cc1C. The lowest BCUT2D eigenvalue weighted by Gasteiger charge is -2.09. The molecule has 3 rings (SSSR count). The Morgan fingerprint density at radius 3 is 2.35 bits per heavy atom. The summed E-state index contributed by atoms with van der Waals surface area (Å²) in [6.07, 6.45) is -4.33. The highest BCUT2D eigenvalue weighted by Crippen LogP contribution is 2.37. The second-order valence-corrected chi connectivity index (χ2v) is 9.06. The summed E-state index contributed by atoms with van der Waals surface area (Å²) in [6.45, 7) is 3.79. The summed E-state index contributed by atoms with van der Waals surface area (Å²) in [5.74, 6) is 0.945. The molecule has 0 bridgehead atoms. The summed E-state index contributed by atoms with van der Waals surface area (Å²) >= 11 is 3.26. The number of methoxy groups -OCH3 is 1. The van der Waals surface area contributed by atoms with Crippen LogP contribution in [0.2, 0.25) is 0 Å². The molecular formula is C23H21F3O3S2. The molecule has 0 aliphatic carbocycles. The first-order chi connectivity index (χ1) is 14.7. The van der Waals surface area contributed by atoms with E-state index in [9.17, 15) is 18.0 Å². The van der Waals surface area contributed by atoms with E-state index in [1.165, 1.54) is 24.1 Å². The number of aryl methyl sites for hydroxylation is 2. The summed E-state index contributed by atoms with van der Waals surface area (Å²) in [6, 6.07) is 13.0. The highest BCUT2D eigenvalue weighted by Gasteiger charge is 2.30. The number of esters is 1. The van der Waals surface area contributed by atoms with E-state index in [0.717, 1.165) is 44.3 Å². The summed E-state index contributed by atoms with van der Waals surface area (Å²) in [5.41, 5.74) is 2.17. The average molecular weight is 467 g/mol. The smallest absolute Gasteiger partial charge is 0.416 e. The zero-order chi connectivity index (χ0) is 22.6. The predicted molar refractivity (Wildman–Crippen MR) is 118 cm³/mol. The third kappa shape index (κ3) is 6.04. The Bertz CT molecular complexity index is 1060. The van der Waals surface area contributed by atoms with Gasteiger partial charge in [0, 0.05) is 20.4 Å². The summed E-state index contributed by atoms with van der Waals surface area (Å²) < 4.78 is 48.3. The van der Waals surface area contributed by atoms with Crippen LogP contribution in [-0.2, 0) is 21.5 Å². The van der Waals surface area contributed by atoms with Gasteiger partial charge in [0.25, 0.3) is 0 Å². The summed E-state index contributed by atoms with van der Waals surface area (Å²) in [5, 5.41) is 0. The molecule has 0 N–H and O–H groups in total. The number of hydrogen-bond donors (Lipinski definition) is 0. The first kappa shape index (κ1) is 23.2. The molecule has 2 aromatic carbocycles. The molecule has 0 atom stereocenters. The van der Waals surface area contributed by atoms with Crippen LogP contribution in [-0.4, -0.2) is 19.7 Å². The fraction of sp³-hybridized carbons (Fsp3) is 0.261. The van der Waals surface area contributed by atoms with Gasteiger partial charge in [0.2, 0.25) is 0 Å². The van der Waals surface area contributed by atoms with E-state index < -0.39 is 17.7 Å². The average Bonchev–Trinajstić information content (AvgIpc) is 3.11. The molecule has 0 fully saturated rings. The predicted octanol–water partition coefficient (Wildman–Crippen LogP) is 6.89. The van der Waals surface area contributed by atoms with Gasteiger partial charge in [-0.1, -0.05) is 12.1 Å². The van der Waals surface area contributed by atoms with Crippen molar-refractivity contribution in [1.82, 2.24) is 0 Å². The summed E-state index contributed by atoms with van der Waals surface area (Å²) in [4.78, 5) is 14.4. The summed E-state index contributed by atoms with van der Waals surface area (Å²) in [7, 11) is 1.31. The van der Waals surface area contributed by atoms with Gasteiger partial charge in [0.1, 0.15) is 5.75 Å². The number of thiophene rings is 1. The zero-order valence-corrected chi connectivity index (χ0v) is 18.8. The molecule has 0 amide bonds. The third-order valence-electron chi connectivity index (χ3n) is 4.61. The minimum atomic E-state index is -4.33. The van der Waals surface area contributed by atoms with Crippen molar-refractivity contribution in [3.05, 3.63) is 70.1 Å². The van der Waals surface area contributed by atoms with Gasteiger partial charge in [-0.05, 0) is 66.9 Å². The van der Waals surface area contributed by atoms with Gasteiger partial charge in [-0.3, -0.25) is 0 Å². The molecule has 0 aliphatic heterocycles. The van der Waals surface area contributed by atoms with Crippen LogP contribution < -0.4 is 4.74 Å². The number of rotatable bonds is 7. The number of carbonyl (C=O) groups excluding carboxylic acids is 1. The first-order valence-corrected chi connectivity index (χ1v) is 11.2. The molecule has 0 saturated carbocycles. The van der Waals surface area contributed by atoms with Crippen molar-refractivity contribution in [2.24, 2.45) is 0 Å². The van der Waals surface area contributed by atoms with Gasteiger partial charge in [-0.15, -0.1) is 23.1 Å². The quantitative estimate of drug-likeness (QED) is 0.280. The maximum Gasteiger partial charge on any atom is 0.416 e. The molecule has 0 saturated heterocycles. The monoisotopic (exact) mass is 466 g/mol. The van der Waals surface area contributed by atoms with Gasteiger partial charge in [-0.25, -0.2) is 4.79 Å². The van der Waals surface area contributed by atoms with Crippen molar-refractivity contribution in [3.63, 3.8) is 0 Å². The van der Waals surface area contributed by atoms with Crippen molar-refractivity contribution < 1.29 is 27.4 Å². The Morgan fingerprint density at radius 2 is 1.74 bits per heavy atom. The van der Waals surface area contributed by atoms with E-state index >= 15 is 0 Å². The lowest BCUT2D eigenvalue weighted by molar-refractivity contribution is -0.143. The molecule has 1 heterocycles. The largest absolute Gasteiger partial charge is 0.482 e. The lowest BCUT2D eigenvalue weighted by atomic mass is 10.1. The molecule has 0 spiro atoms. The zero-order valence-electron chi connectivity index (χ0n) is 17.2. The van der Waals surface area contributed by atoms with Crippen LogP contribution in [0.5, 0.6) is 5.75 Å².